The number of hydrogen-bond acceptors (Lipinski definition) is 1. The molecule has 19 heavy (non-hydrogen) atoms. The van der Waals surface area contributed by atoms with E-state index in [0.29, 0.717) is 10.7 Å². The molecular weight excluding hydrogens is 300 g/mol. The van der Waals surface area contributed by atoms with Gasteiger partial charge in [-0.05, 0) is 37.8 Å². The molecule has 104 valence electrons. The molecule has 0 saturated heterocycles. The lowest BCUT2D eigenvalue weighted by Crippen LogP contribution is -2.08. The summed E-state index contributed by atoms with van der Waals surface area (Å²) in [5, 5.41) is 0. The van der Waals surface area contributed by atoms with Crippen molar-refractivity contribution in [3.8, 4) is 0 Å². The summed E-state index contributed by atoms with van der Waals surface area (Å²) < 4.78 is 2.34. The molecule has 0 aliphatic rings. The second-order valence-electron chi connectivity index (χ2n) is 5.41. The third kappa shape index (κ3) is 3.38. The molecule has 3 heteroatoms. The maximum absolute atomic E-state index is 4.77. The van der Waals surface area contributed by atoms with Crippen molar-refractivity contribution < 1.29 is 0 Å². The van der Waals surface area contributed by atoms with Gasteiger partial charge in [-0.3, -0.25) is 0 Å². The molecule has 0 aliphatic heterocycles. The van der Waals surface area contributed by atoms with Gasteiger partial charge in [0.25, 0.3) is 0 Å². The summed E-state index contributed by atoms with van der Waals surface area (Å²) in [6.45, 7) is 7.72. The van der Waals surface area contributed by atoms with E-state index >= 15 is 0 Å². The largest absolute Gasteiger partial charge is 0.328 e. The number of imidazole rings is 1. The average Bonchev–Trinajstić information content (AvgIpc) is 2.75. The molecular formula is C16H23BrN2. The Labute approximate surface area is 124 Å². The zero-order valence-electron chi connectivity index (χ0n) is 12.1. The number of aromatic nitrogens is 2. The second kappa shape index (κ2) is 6.56. The summed E-state index contributed by atoms with van der Waals surface area (Å²) in [4.78, 5) is 5.39. The molecule has 2 aromatic rings. The maximum atomic E-state index is 4.77. The van der Waals surface area contributed by atoms with Crippen molar-refractivity contribution in [3.05, 3.63) is 30.1 Å². The van der Waals surface area contributed by atoms with Crippen LogP contribution in [-0.2, 0) is 13.0 Å². The predicted molar refractivity (Wildman–Crippen MR) is 85.9 cm³/mol. The number of para-hydroxylation sites is 2. The molecule has 1 unspecified atom stereocenters. The van der Waals surface area contributed by atoms with Crippen LogP contribution in [-0.4, -0.2) is 14.4 Å². The van der Waals surface area contributed by atoms with Crippen LogP contribution in [0.2, 0.25) is 0 Å². The van der Waals surface area contributed by atoms with Gasteiger partial charge in [0, 0.05) is 17.8 Å². The van der Waals surface area contributed by atoms with Gasteiger partial charge in [-0.1, -0.05) is 41.9 Å². The van der Waals surface area contributed by atoms with Gasteiger partial charge < -0.3 is 4.57 Å². The van der Waals surface area contributed by atoms with Crippen LogP contribution < -0.4 is 0 Å². The van der Waals surface area contributed by atoms with Gasteiger partial charge in [-0.2, -0.15) is 0 Å². The van der Waals surface area contributed by atoms with Crippen LogP contribution in [0.3, 0.4) is 0 Å². The molecule has 1 heterocycles. The predicted octanol–water partition coefficient (Wildman–Crippen LogP) is 4.80. The zero-order valence-corrected chi connectivity index (χ0v) is 13.7. The van der Waals surface area contributed by atoms with Crippen LogP contribution in [0.25, 0.3) is 11.0 Å². The number of aryl methyl sites for hydroxylation is 2. The average molecular weight is 323 g/mol. The van der Waals surface area contributed by atoms with E-state index in [2.05, 4.69) is 65.5 Å². The fourth-order valence-electron chi connectivity index (χ4n) is 2.46. The quantitative estimate of drug-likeness (QED) is 0.698. The fourth-order valence-corrected chi connectivity index (χ4v) is 2.78. The summed E-state index contributed by atoms with van der Waals surface area (Å²) >= 11 is 3.76. The molecule has 0 amide bonds. The van der Waals surface area contributed by atoms with Gasteiger partial charge in [0.05, 0.1) is 11.0 Å². The van der Waals surface area contributed by atoms with Crippen molar-refractivity contribution in [3.63, 3.8) is 0 Å². The summed E-state index contributed by atoms with van der Waals surface area (Å²) in [6, 6.07) is 8.42. The van der Waals surface area contributed by atoms with Crippen LogP contribution >= 0.6 is 15.9 Å². The molecule has 1 aromatic carbocycles. The first kappa shape index (κ1) is 14.6. The Morgan fingerprint density at radius 2 is 2.00 bits per heavy atom. The first-order valence-corrected chi connectivity index (χ1v) is 8.13. The van der Waals surface area contributed by atoms with Gasteiger partial charge in [-0.25, -0.2) is 4.98 Å². The second-order valence-corrected chi connectivity index (χ2v) is 6.59. The lowest BCUT2D eigenvalue weighted by atomic mass is 10.1. The van der Waals surface area contributed by atoms with E-state index in [1.165, 1.54) is 24.2 Å². The van der Waals surface area contributed by atoms with Gasteiger partial charge in [0.2, 0.25) is 0 Å². The maximum Gasteiger partial charge on any atom is 0.109 e. The normalized spacial score (nSPS) is 13.3. The monoisotopic (exact) mass is 322 g/mol. The Bertz CT molecular complexity index is 531. The molecule has 0 N–H and O–H groups in total. The fraction of sp³-hybridized carbons (Fsp3) is 0.562. The highest BCUT2D eigenvalue weighted by molar-refractivity contribution is 9.09. The highest BCUT2D eigenvalue weighted by Crippen LogP contribution is 2.21. The molecule has 0 spiro atoms. The molecule has 0 radical (unpaired) electrons. The zero-order chi connectivity index (χ0) is 13.8. The van der Waals surface area contributed by atoms with Crippen molar-refractivity contribution in [2.75, 3.05) is 0 Å². The van der Waals surface area contributed by atoms with Gasteiger partial charge in [0.15, 0.2) is 0 Å². The van der Waals surface area contributed by atoms with Crippen molar-refractivity contribution in [2.45, 2.75) is 51.4 Å². The van der Waals surface area contributed by atoms with E-state index in [4.69, 9.17) is 4.98 Å². The van der Waals surface area contributed by atoms with Gasteiger partial charge in [0.1, 0.15) is 5.82 Å². The molecule has 0 aliphatic carbocycles. The highest BCUT2D eigenvalue weighted by Gasteiger charge is 2.11. The molecule has 0 saturated carbocycles. The topological polar surface area (TPSA) is 17.8 Å². The standard InChI is InChI=1S/C16H23BrN2/c1-4-19-15-10-6-5-9-14(15)18-16(19)11-7-8-13(17)12(2)3/h5-6,9-10,12-13H,4,7-8,11H2,1-3H3. The minimum Gasteiger partial charge on any atom is -0.328 e. The Morgan fingerprint density at radius 1 is 1.26 bits per heavy atom. The van der Waals surface area contributed by atoms with Crippen LogP contribution in [0.4, 0.5) is 0 Å². The number of benzene rings is 1. The van der Waals surface area contributed by atoms with Crippen molar-refractivity contribution in [1.82, 2.24) is 9.55 Å². The summed E-state index contributed by atoms with van der Waals surface area (Å²) in [5.41, 5.74) is 2.39. The molecule has 1 atom stereocenters. The minimum atomic E-state index is 0.618. The first-order valence-electron chi connectivity index (χ1n) is 7.21. The molecule has 2 rings (SSSR count). The summed E-state index contributed by atoms with van der Waals surface area (Å²) in [6.07, 6.45) is 3.47. The van der Waals surface area contributed by atoms with E-state index < -0.39 is 0 Å². The summed E-state index contributed by atoms with van der Waals surface area (Å²) in [5.74, 6) is 1.93. The van der Waals surface area contributed by atoms with E-state index in [1.54, 1.807) is 0 Å². The van der Waals surface area contributed by atoms with E-state index in [0.717, 1.165) is 18.5 Å². The molecule has 1 aromatic heterocycles. The third-order valence-electron chi connectivity index (χ3n) is 3.65. The highest BCUT2D eigenvalue weighted by atomic mass is 79.9. The van der Waals surface area contributed by atoms with E-state index in [1.807, 2.05) is 0 Å². The Hall–Kier alpha value is -0.830. The third-order valence-corrected chi connectivity index (χ3v) is 5.17. The number of hydrogen-bond donors (Lipinski definition) is 0. The minimum absolute atomic E-state index is 0.618. The van der Waals surface area contributed by atoms with Crippen molar-refractivity contribution in [1.29, 1.82) is 0 Å². The number of fused-ring (bicyclic) bond motifs is 1. The van der Waals surface area contributed by atoms with E-state index in [9.17, 15) is 0 Å². The van der Waals surface area contributed by atoms with Crippen molar-refractivity contribution in [2.24, 2.45) is 5.92 Å². The first-order chi connectivity index (χ1) is 9.13. The lowest BCUT2D eigenvalue weighted by Gasteiger charge is -2.13. The van der Waals surface area contributed by atoms with Crippen LogP contribution in [0.5, 0.6) is 0 Å². The van der Waals surface area contributed by atoms with Crippen LogP contribution in [0, 0.1) is 5.92 Å². The Balaban J connectivity index is 2.08. The number of halogens is 1. The number of nitrogens with zero attached hydrogens (tertiary/aromatic N) is 2. The van der Waals surface area contributed by atoms with Crippen molar-refractivity contribution >= 4 is 27.0 Å². The number of rotatable bonds is 6. The van der Waals surface area contributed by atoms with Crippen LogP contribution in [0.1, 0.15) is 39.4 Å². The molecule has 0 bridgehead atoms. The SMILES string of the molecule is CCn1c(CCCC(Br)C(C)C)nc2ccccc21. The lowest BCUT2D eigenvalue weighted by molar-refractivity contribution is 0.552. The Kier molecular flexibility index (Phi) is 5.03. The molecule has 2 nitrogen and oxygen atoms in total. The molecule has 0 fully saturated rings. The van der Waals surface area contributed by atoms with E-state index in [-0.39, 0.29) is 0 Å². The van der Waals surface area contributed by atoms with Gasteiger partial charge >= 0.3 is 0 Å². The smallest absolute Gasteiger partial charge is 0.109 e. The Morgan fingerprint density at radius 3 is 2.68 bits per heavy atom. The van der Waals surface area contributed by atoms with Gasteiger partial charge in [-0.15, -0.1) is 0 Å². The summed E-state index contributed by atoms with van der Waals surface area (Å²) in [7, 11) is 0. The van der Waals surface area contributed by atoms with Crippen LogP contribution in [0.15, 0.2) is 24.3 Å². The number of alkyl halides is 1.